The molecule has 0 atom stereocenters. The van der Waals surface area contributed by atoms with Crippen molar-refractivity contribution in [3.8, 4) is 0 Å². The van der Waals surface area contributed by atoms with E-state index < -0.39 is 0 Å². The second kappa shape index (κ2) is 10.6. The lowest BCUT2D eigenvalue weighted by atomic mass is 10.2. The molecule has 3 amide bonds. The van der Waals surface area contributed by atoms with Crippen LogP contribution in [0.25, 0.3) is 0 Å². The molecule has 0 unspecified atom stereocenters. The first-order valence-corrected chi connectivity index (χ1v) is 9.88. The van der Waals surface area contributed by atoms with Gasteiger partial charge in [0.1, 0.15) is 5.82 Å². The molecule has 1 fully saturated rings. The van der Waals surface area contributed by atoms with Gasteiger partial charge >= 0.3 is 0 Å². The van der Waals surface area contributed by atoms with Gasteiger partial charge in [-0.25, -0.2) is 4.98 Å². The van der Waals surface area contributed by atoms with Crippen LogP contribution in [0.1, 0.15) is 58.8 Å². The highest BCUT2D eigenvalue weighted by Gasteiger charge is 2.29. The molecule has 2 rings (SSSR count). The van der Waals surface area contributed by atoms with Gasteiger partial charge in [0.05, 0.1) is 11.9 Å². The Morgan fingerprint density at radius 2 is 1.78 bits per heavy atom. The SMILES string of the molecule is CCCN(CCC)C(=O)CCCC(=O)Nc1ccc(NC(=O)C2CC2)nc1. The minimum absolute atomic E-state index is 0.00384. The number of hydrogen-bond donors (Lipinski definition) is 2. The molecule has 1 aliphatic carbocycles. The highest BCUT2D eigenvalue weighted by atomic mass is 16.2. The maximum atomic E-state index is 12.2. The van der Waals surface area contributed by atoms with Gasteiger partial charge in [0.25, 0.3) is 0 Å². The van der Waals surface area contributed by atoms with Crippen molar-refractivity contribution < 1.29 is 14.4 Å². The van der Waals surface area contributed by atoms with Gasteiger partial charge in [0.2, 0.25) is 17.7 Å². The third kappa shape index (κ3) is 7.37. The summed E-state index contributed by atoms with van der Waals surface area (Å²) in [4.78, 5) is 41.9. The number of nitrogens with one attached hydrogen (secondary N) is 2. The zero-order chi connectivity index (χ0) is 19.6. The van der Waals surface area contributed by atoms with Crippen LogP contribution >= 0.6 is 0 Å². The van der Waals surface area contributed by atoms with Crippen LogP contribution in [-0.4, -0.2) is 40.7 Å². The molecule has 0 aliphatic heterocycles. The zero-order valence-electron chi connectivity index (χ0n) is 16.3. The van der Waals surface area contributed by atoms with E-state index >= 15 is 0 Å². The van der Waals surface area contributed by atoms with Crippen LogP contribution in [0.5, 0.6) is 0 Å². The summed E-state index contributed by atoms with van der Waals surface area (Å²) in [5, 5.41) is 5.53. The third-order valence-corrected chi connectivity index (χ3v) is 4.38. The highest BCUT2D eigenvalue weighted by molar-refractivity contribution is 5.94. The molecule has 148 valence electrons. The monoisotopic (exact) mass is 374 g/mol. The molecule has 1 aromatic heterocycles. The Bertz CT molecular complexity index is 635. The van der Waals surface area contributed by atoms with Gasteiger partial charge in [-0.15, -0.1) is 0 Å². The maximum absolute atomic E-state index is 12.2. The molecule has 1 aliphatic rings. The predicted molar refractivity (Wildman–Crippen MR) is 105 cm³/mol. The normalized spacial score (nSPS) is 13.1. The summed E-state index contributed by atoms with van der Waals surface area (Å²) in [6, 6.07) is 3.38. The predicted octanol–water partition coefficient (Wildman–Crippen LogP) is 3.19. The molecule has 1 saturated carbocycles. The molecule has 1 aromatic rings. The van der Waals surface area contributed by atoms with Crippen molar-refractivity contribution in [3.05, 3.63) is 18.3 Å². The van der Waals surface area contributed by atoms with E-state index in [0.717, 1.165) is 38.8 Å². The second-order valence-corrected chi connectivity index (χ2v) is 6.98. The fourth-order valence-electron chi connectivity index (χ4n) is 2.80. The Labute approximate surface area is 160 Å². The number of hydrogen-bond acceptors (Lipinski definition) is 4. The average molecular weight is 374 g/mol. The summed E-state index contributed by atoms with van der Waals surface area (Å²) in [6.07, 6.45) is 6.49. The van der Waals surface area contributed by atoms with E-state index in [4.69, 9.17) is 0 Å². The summed E-state index contributed by atoms with van der Waals surface area (Å²) in [5.74, 6) is 0.590. The fraction of sp³-hybridized carbons (Fsp3) is 0.600. The van der Waals surface area contributed by atoms with Crippen LogP contribution in [-0.2, 0) is 14.4 Å². The molecule has 0 radical (unpaired) electrons. The Balaban J connectivity index is 1.70. The fourth-order valence-corrected chi connectivity index (χ4v) is 2.80. The van der Waals surface area contributed by atoms with Crippen LogP contribution in [0.2, 0.25) is 0 Å². The summed E-state index contributed by atoms with van der Waals surface area (Å²) in [5.41, 5.74) is 0.578. The molecule has 2 N–H and O–H groups in total. The van der Waals surface area contributed by atoms with Crippen LogP contribution in [0.3, 0.4) is 0 Å². The molecule has 0 saturated heterocycles. The average Bonchev–Trinajstić information content (AvgIpc) is 3.48. The van der Waals surface area contributed by atoms with Gasteiger partial charge in [0, 0.05) is 31.8 Å². The number of carbonyl (C=O) groups is 3. The number of aromatic nitrogens is 1. The zero-order valence-corrected chi connectivity index (χ0v) is 16.3. The van der Waals surface area contributed by atoms with E-state index in [-0.39, 0.29) is 30.1 Å². The maximum Gasteiger partial charge on any atom is 0.228 e. The van der Waals surface area contributed by atoms with Crippen molar-refractivity contribution >= 4 is 29.2 Å². The lowest BCUT2D eigenvalue weighted by Gasteiger charge is -2.21. The van der Waals surface area contributed by atoms with Crippen LogP contribution in [0.4, 0.5) is 11.5 Å². The number of amides is 3. The molecule has 0 spiro atoms. The topological polar surface area (TPSA) is 91.4 Å². The van der Waals surface area contributed by atoms with E-state index in [1.807, 2.05) is 4.90 Å². The summed E-state index contributed by atoms with van der Waals surface area (Å²) in [6.45, 7) is 5.66. The number of carbonyl (C=O) groups excluding carboxylic acids is 3. The Morgan fingerprint density at radius 3 is 2.33 bits per heavy atom. The smallest absolute Gasteiger partial charge is 0.228 e. The Morgan fingerprint density at radius 1 is 1.07 bits per heavy atom. The summed E-state index contributed by atoms with van der Waals surface area (Å²) < 4.78 is 0. The van der Waals surface area contributed by atoms with Crippen molar-refractivity contribution in [1.82, 2.24) is 9.88 Å². The van der Waals surface area contributed by atoms with Gasteiger partial charge in [-0.3, -0.25) is 14.4 Å². The van der Waals surface area contributed by atoms with Crippen molar-refractivity contribution in [2.45, 2.75) is 58.8 Å². The molecule has 1 heterocycles. The van der Waals surface area contributed by atoms with E-state index in [2.05, 4.69) is 29.5 Å². The van der Waals surface area contributed by atoms with Gasteiger partial charge in [-0.1, -0.05) is 13.8 Å². The minimum Gasteiger partial charge on any atom is -0.343 e. The van der Waals surface area contributed by atoms with Gasteiger partial charge in [-0.05, 0) is 44.2 Å². The van der Waals surface area contributed by atoms with Crippen molar-refractivity contribution in [2.24, 2.45) is 5.92 Å². The first kappa shape index (κ1) is 20.9. The van der Waals surface area contributed by atoms with E-state index in [1.165, 1.54) is 6.20 Å². The van der Waals surface area contributed by atoms with Crippen molar-refractivity contribution in [2.75, 3.05) is 23.7 Å². The lowest BCUT2D eigenvalue weighted by Crippen LogP contribution is -2.32. The Kier molecular flexibility index (Phi) is 8.23. The third-order valence-electron chi connectivity index (χ3n) is 4.38. The quantitative estimate of drug-likeness (QED) is 0.622. The van der Waals surface area contributed by atoms with Crippen LogP contribution in [0.15, 0.2) is 18.3 Å². The number of anilines is 2. The second-order valence-electron chi connectivity index (χ2n) is 6.98. The van der Waals surface area contributed by atoms with Crippen LogP contribution in [0, 0.1) is 5.92 Å². The van der Waals surface area contributed by atoms with Gasteiger partial charge in [-0.2, -0.15) is 0 Å². The van der Waals surface area contributed by atoms with Gasteiger partial charge < -0.3 is 15.5 Å². The number of rotatable bonds is 11. The highest BCUT2D eigenvalue weighted by Crippen LogP contribution is 2.29. The first-order valence-electron chi connectivity index (χ1n) is 9.88. The van der Waals surface area contributed by atoms with E-state index in [0.29, 0.717) is 24.3 Å². The van der Waals surface area contributed by atoms with Gasteiger partial charge in [0.15, 0.2) is 0 Å². The molecule has 0 bridgehead atoms. The van der Waals surface area contributed by atoms with Crippen LogP contribution < -0.4 is 10.6 Å². The summed E-state index contributed by atoms with van der Waals surface area (Å²) >= 11 is 0. The Hall–Kier alpha value is -2.44. The van der Waals surface area contributed by atoms with E-state index in [9.17, 15) is 14.4 Å². The van der Waals surface area contributed by atoms with Crippen molar-refractivity contribution in [3.63, 3.8) is 0 Å². The molecular formula is C20H30N4O3. The molecule has 0 aromatic carbocycles. The number of pyridine rings is 1. The minimum atomic E-state index is -0.142. The first-order chi connectivity index (χ1) is 13.0. The summed E-state index contributed by atoms with van der Waals surface area (Å²) in [7, 11) is 0. The number of nitrogens with zero attached hydrogens (tertiary/aromatic N) is 2. The molecular weight excluding hydrogens is 344 g/mol. The standard InChI is InChI=1S/C20H30N4O3/c1-3-12-24(13-4-2)19(26)7-5-6-18(25)22-16-10-11-17(21-14-16)23-20(27)15-8-9-15/h10-11,14-15H,3-9,12-13H2,1-2H3,(H,22,25)(H,21,23,27). The van der Waals surface area contributed by atoms with E-state index in [1.54, 1.807) is 12.1 Å². The lowest BCUT2D eigenvalue weighted by molar-refractivity contribution is -0.131. The molecule has 27 heavy (non-hydrogen) atoms. The van der Waals surface area contributed by atoms with Crippen molar-refractivity contribution in [1.29, 1.82) is 0 Å². The largest absolute Gasteiger partial charge is 0.343 e. The molecule has 7 nitrogen and oxygen atoms in total. The molecule has 7 heteroatoms.